The van der Waals surface area contributed by atoms with E-state index in [1.54, 1.807) is 32.0 Å². The van der Waals surface area contributed by atoms with Crippen LogP contribution in [0.3, 0.4) is 0 Å². The largest absolute Gasteiger partial charge is 0.497 e. The molecule has 8 heteroatoms. The van der Waals surface area contributed by atoms with E-state index < -0.39 is 6.17 Å². The number of thioether (sulfide) groups is 1. The van der Waals surface area contributed by atoms with Gasteiger partial charge < -0.3 is 19.5 Å². The summed E-state index contributed by atoms with van der Waals surface area (Å²) in [5.41, 5.74) is 0.886. The molecule has 1 saturated heterocycles. The fourth-order valence-electron chi connectivity index (χ4n) is 4.95. The molecule has 1 unspecified atom stereocenters. The fraction of sp³-hybridized carbons (Fsp3) is 0.464. The summed E-state index contributed by atoms with van der Waals surface area (Å²) in [6, 6.07) is 13.5. The number of pyridine rings is 1. The summed E-state index contributed by atoms with van der Waals surface area (Å²) in [7, 11) is 3.28. The number of likely N-dealkylation sites (tertiary alicyclic amines) is 1. The Morgan fingerprint density at radius 1 is 1.17 bits per heavy atom. The van der Waals surface area contributed by atoms with Gasteiger partial charge in [0.25, 0.3) is 0 Å². The van der Waals surface area contributed by atoms with Gasteiger partial charge >= 0.3 is 0 Å². The number of rotatable bonds is 11. The molecule has 1 fully saturated rings. The van der Waals surface area contributed by atoms with E-state index in [9.17, 15) is 5.11 Å². The number of aliphatic hydroxyl groups is 1. The van der Waals surface area contributed by atoms with Crippen molar-refractivity contribution in [3.05, 3.63) is 59.2 Å². The van der Waals surface area contributed by atoms with Gasteiger partial charge in [-0.1, -0.05) is 23.7 Å². The van der Waals surface area contributed by atoms with Gasteiger partial charge in [0.1, 0.15) is 17.7 Å². The SMILES string of the molecule is COc1ccc2ncc(Cl)c(C(F)CCC3(CO)CCN(CCSc4ccccc4OC)CC3)c2c1. The molecular weight excluding hydrogens is 499 g/mol. The van der Waals surface area contributed by atoms with E-state index >= 15 is 4.39 Å². The standard InChI is InChI=1S/C28H34ClFN2O3S/c1-34-20-7-8-24-21(17-20)27(22(29)18-31-24)23(30)9-10-28(19-33)11-13-32(14-12-28)15-16-36-26-6-4-3-5-25(26)35-2/h3-8,17-18,23,33H,9-16,19H2,1-2H3. The topological polar surface area (TPSA) is 54.8 Å². The summed E-state index contributed by atoms with van der Waals surface area (Å²) in [5.74, 6) is 2.51. The average molecular weight is 533 g/mol. The number of fused-ring (bicyclic) bond motifs is 1. The highest BCUT2D eigenvalue weighted by Crippen LogP contribution is 2.42. The first kappa shape index (κ1) is 27.0. The quantitative estimate of drug-likeness (QED) is 0.282. The van der Waals surface area contributed by atoms with Crippen LogP contribution in [0.2, 0.25) is 5.02 Å². The molecule has 1 aliphatic heterocycles. The van der Waals surface area contributed by atoms with Gasteiger partial charge in [0.2, 0.25) is 0 Å². The zero-order valence-electron chi connectivity index (χ0n) is 20.9. The summed E-state index contributed by atoms with van der Waals surface area (Å²) in [6.45, 7) is 2.85. The van der Waals surface area contributed by atoms with E-state index in [4.69, 9.17) is 21.1 Å². The second-order valence-electron chi connectivity index (χ2n) is 9.41. The lowest BCUT2D eigenvalue weighted by atomic mass is 9.74. The van der Waals surface area contributed by atoms with E-state index in [2.05, 4.69) is 16.0 Å². The molecule has 2 aromatic carbocycles. The normalized spacial score (nSPS) is 16.7. The van der Waals surface area contributed by atoms with Gasteiger partial charge in [-0.2, -0.15) is 0 Å². The summed E-state index contributed by atoms with van der Waals surface area (Å²) in [6.07, 6.45) is 2.90. The molecule has 4 rings (SSSR count). The monoisotopic (exact) mass is 532 g/mol. The van der Waals surface area contributed by atoms with E-state index in [0.717, 1.165) is 48.9 Å². The highest BCUT2D eigenvalue weighted by molar-refractivity contribution is 7.99. The van der Waals surface area contributed by atoms with Crippen molar-refractivity contribution in [3.8, 4) is 11.5 Å². The molecule has 194 valence electrons. The number of nitrogens with zero attached hydrogens (tertiary/aromatic N) is 2. The predicted octanol–water partition coefficient (Wildman–Crippen LogP) is 6.56. The molecule has 5 nitrogen and oxygen atoms in total. The molecule has 0 amide bonds. The van der Waals surface area contributed by atoms with Crippen molar-refractivity contribution in [2.45, 2.75) is 36.8 Å². The third kappa shape index (κ3) is 6.25. The van der Waals surface area contributed by atoms with E-state index in [-0.39, 0.29) is 12.0 Å². The van der Waals surface area contributed by atoms with Crippen LogP contribution in [0.4, 0.5) is 4.39 Å². The Bertz CT molecular complexity index is 1160. The number of hydrogen-bond acceptors (Lipinski definition) is 6. The number of methoxy groups -OCH3 is 2. The summed E-state index contributed by atoms with van der Waals surface area (Å²) < 4.78 is 26.4. The Morgan fingerprint density at radius 2 is 1.94 bits per heavy atom. The molecule has 0 radical (unpaired) electrons. The van der Waals surface area contributed by atoms with Gasteiger partial charge in [-0.15, -0.1) is 11.8 Å². The molecular formula is C28H34ClFN2O3S. The van der Waals surface area contributed by atoms with Gasteiger partial charge in [0.15, 0.2) is 0 Å². The molecule has 1 atom stereocenters. The van der Waals surface area contributed by atoms with E-state index in [0.29, 0.717) is 40.1 Å². The zero-order valence-corrected chi connectivity index (χ0v) is 22.5. The van der Waals surface area contributed by atoms with Crippen LogP contribution in [-0.4, -0.2) is 61.2 Å². The maximum absolute atomic E-state index is 15.6. The predicted molar refractivity (Wildman–Crippen MR) is 145 cm³/mol. The average Bonchev–Trinajstić information content (AvgIpc) is 2.92. The number of aliphatic hydroxyl groups excluding tert-OH is 1. The maximum Gasteiger partial charge on any atom is 0.132 e. The zero-order chi connectivity index (χ0) is 25.5. The molecule has 36 heavy (non-hydrogen) atoms. The van der Waals surface area contributed by atoms with Crippen LogP contribution in [0.15, 0.2) is 53.6 Å². The molecule has 3 aromatic rings. The highest BCUT2D eigenvalue weighted by Gasteiger charge is 2.35. The van der Waals surface area contributed by atoms with Crippen LogP contribution in [0.1, 0.15) is 37.4 Å². The van der Waals surface area contributed by atoms with Crippen molar-refractivity contribution in [1.29, 1.82) is 0 Å². The Balaban J connectivity index is 1.33. The number of benzene rings is 2. The molecule has 0 bridgehead atoms. The van der Waals surface area contributed by atoms with Crippen molar-refractivity contribution in [2.75, 3.05) is 46.2 Å². The van der Waals surface area contributed by atoms with Crippen molar-refractivity contribution in [3.63, 3.8) is 0 Å². The number of alkyl halides is 1. The molecule has 1 aromatic heterocycles. The van der Waals surface area contributed by atoms with Gasteiger partial charge in [0.05, 0.1) is 24.8 Å². The van der Waals surface area contributed by atoms with Crippen LogP contribution in [-0.2, 0) is 0 Å². The molecule has 1 N–H and O–H groups in total. The Labute approximate surface area is 222 Å². The third-order valence-corrected chi connectivity index (χ3v) is 8.63. The van der Waals surface area contributed by atoms with Crippen molar-refractivity contribution < 1.29 is 19.0 Å². The smallest absolute Gasteiger partial charge is 0.132 e. The van der Waals surface area contributed by atoms with Gasteiger partial charge in [-0.25, -0.2) is 4.39 Å². The lowest BCUT2D eigenvalue weighted by Gasteiger charge is -2.41. The fourth-order valence-corrected chi connectivity index (χ4v) is 6.26. The Hall–Kier alpha value is -2.06. The van der Waals surface area contributed by atoms with Crippen molar-refractivity contribution >= 4 is 34.3 Å². The summed E-state index contributed by atoms with van der Waals surface area (Å²) in [5, 5.41) is 11.3. The minimum absolute atomic E-state index is 0.0716. The number of ether oxygens (including phenoxy) is 2. The lowest BCUT2D eigenvalue weighted by molar-refractivity contribution is 0.0323. The van der Waals surface area contributed by atoms with Crippen LogP contribution in [0.5, 0.6) is 11.5 Å². The first-order valence-electron chi connectivity index (χ1n) is 12.3. The summed E-state index contributed by atoms with van der Waals surface area (Å²) >= 11 is 8.20. The first-order valence-corrected chi connectivity index (χ1v) is 13.7. The molecule has 1 aliphatic rings. The number of halogens is 2. The number of aromatic nitrogens is 1. The molecule has 0 aliphatic carbocycles. The van der Waals surface area contributed by atoms with Crippen LogP contribution in [0.25, 0.3) is 10.9 Å². The minimum Gasteiger partial charge on any atom is -0.497 e. The van der Waals surface area contributed by atoms with Gasteiger partial charge in [-0.3, -0.25) is 4.98 Å². The Kier molecular flexibility index (Phi) is 9.34. The van der Waals surface area contributed by atoms with Gasteiger partial charge in [0, 0.05) is 40.9 Å². The Morgan fingerprint density at radius 3 is 2.67 bits per heavy atom. The number of piperidine rings is 1. The third-order valence-electron chi connectivity index (χ3n) is 7.30. The van der Waals surface area contributed by atoms with Crippen LogP contribution < -0.4 is 9.47 Å². The van der Waals surface area contributed by atoms with Crippen molar-refractivity contribution in [2.24, 2.45) is 5.41 Å². The maximum atomic E-state index is 15.6. The second kappa shape index (κ2) is 12.5. The second-order valence-corrected chi connectivity index (χ2v) is 11.0. The molecule has 2 heterocycles. The van der Waals surface area contributed by atoms with E-state index in [1.165, 1.54) is 6.20 Å². The van der Waals surface area contributed by atoms with Crippen molar-refractivity contribution in [1.82, 2.24) is 9.88 Å². The number of hydrogen-bond donors (Lipinski definition) is 1. The molecule has 0 spiro atoms. The number of para-hydroxylation sites is 1. The van der Waals surface area contributed by atoms with Crippen LogP contribution in [0, 0.1) is 5.41 Å². The highest BCUT2D eigenvalue weighted by atomic mass is 35.5. The minimum atomic E-state index is -1.24. The lowest BCUT2D eigenvalue weighted by Crippen LogP contribution is -2.42. The van der Waals surface area contributed by atoms with Gasteiger partial charge in [-0.05, 0) is 74.5 Å². The first-order chi connectivity index (χ1) is 17.5. The van der Waals surface area contributed by atoms with E-state index in [1.807, 2.05) is 30.3 Å². The molecule has 0 saturated carbocycles. The van der Waals surface area contributed by atoms with Crippen LogP contribution >= 0.6 is 23.4 Å². The summed E-state index contributed by atoms with van der Waals surface area (Å²) in [4.78, 5) is 7.91.